The number of ether oxygens (including phenoxy) is 1. The second-order valence-electron chi connectivity index (χ2n) is 5.95. The Balaban J connectivity index is 1.85. The summed E-state index contributed by atoms with van der Waals surface area (Å²) in [6.07, 6.45) is 3.52. The SMILES string of the molecule is CNC(CCN1CCCC(COC)C1)c1cccc(F)c1. The monoisotopic (exact) mass is 294 g/mol. The molecule has 0 aliphatic carbocycles. The fourth-order valence-electron chi connectivity index (χ4n) is 3.24. The Morgan fingerprint density at radius 1 is 1.48 bits per heavy atom. The summed E-state index contributed by atoms with van der Waals surface area (Å²) in [4.78, 5) is 2.51. The van der Waals surface area contributed by atoms with Crippen LogP contribution in [0, 0.1) is 11.7 Å². The van der Waals surface area contributed by atoms with Crippen LogP contribution in [-0.4, -0.2) is 45.3 Å². The van der Waals surface area contributed by atoms with Crippen molar-refractivity contribution < 1.29 is 9.13 Å². The standard InChI is InChI=1S/C17H27FN2O/c1-19-17(15-6-3-7-16(18)11-15)8-10-20-9-4-5-14(12-20)13-21-2/h3,6-7,11,14,17,19H,4-5,8-10,12-13H2,1-2H3. The Bertz CT molecular complexity index is 425. The predicted molar refractivity (Wildman–Crippen MR) is 83.9 cm³/mol. The lowest BCUT2D eigenvalue weighted by Gasteiger charge is -2.33. The zero-order chi connectivity index (χ0) is 15.1. The maximum atomic E-state index is 13.3. The number of piperidine rings is 1. The number of halogens is 1. The van der Waals surface area contributed by atoms with Gasteiger partial charge in [0.25, 0.3) is 0 Å². The lowest BCUT2D eigenvalue weighted by Crippen LogP contribution is -2.38. The van der Waals surface area contributed by atoms with E-state index in [0.717, 1.165) is 31.7 Å². The van der Waals surface area contributed by atoms with Crippen LogP contribution < -0.4 is 5.32 Å². The topological polar surface area (TPSA) is 24.5 Å². The fourth-order valence-corrected chi connectivity index (χ4v) is 3.24. The van der Waals surface area contributed by atoms with Gasteiger partial charge in [0.1, 0.15) is 5.82 Å². The second kappa shape index (κ2) is 8.47. The Kier molecular flexibility index (Phi) is 6.61. The number of hydrogen-bond acceptors (Lipinski definition) is 3. The van der Waals surface area contributed by atoms with Crippen molar-refractivity contribution in [2.24, 2.45) is 5.92 Å². The zero-order valence-electron chi connectivity index (χ0n) is 13.1. The van der Waals surface area contributed by atoms with Gasteiger partial charge in [-0.2, -0.15) is 0 Å². The Morgan fingerprint density at radius 2 is 2.33 bits per heavy atom. The molecule has 2 unspecified atom stereocenters. The number of nitrogens with one attached hydrogen (secondary N) is 1. The Morgan fingerprint density at radius 3 is 3.05 bits per heavy atom. The molecule has 1 aromatic rings. The van der Waals surface area contributed by atoms with Crippen molar-refractivity contribution in [3.63, 3.8) is 0 Å². The van der Waals surface area contributed by atoms with Crippen molar-refractivity contribution in [1.29, 1.82) is 0 Å². The highest BCUT2D eigenvalue weighted by Crippen LogP contribution is 2.21. The quantitative estimate of drug-likeness (QED) is 0.837. The van der Waals surface area contributed by atoms with Crippen LogP contribution in [0.1, 0.15) is 30.9 Å². The van der Waals surface area contributed by atoms with Crippen molar-refractivity contribution in [3.8, 4) is 0 Å². The summed E-state index contributed by atoms with van der Waals surface area (Å²) in [5.41, 5.74) is 1.03. The van der Waals surface area contributed by atoms with Crippen LogP contribution in [0.25, 0.3) is 0 Å². The first kappa shape index (κ1) is 16.4. The van der Waals surface area contributed by atoms with E-state index in [2.05, 4.69) is 10.2 Å². The molecule has 0 bridgehead atoms. The molecule has 0 spiro atoms. The van der Waals surface area contributed by atoms with E-state index < -0.39 is 0 Å². The lowest BCUT2D eigenvalue weighted by atomic mass is 9.97. The first-order chi connectivity index (χ1) is 10.2. The zero-order valence-corrected chi connectivity index (χ0v) is 13.1. The van der Waals surface area contributed by atoms with E-state index >= 15 is 0 Å². The molecule has 1 N–H and O–H groups in total. The Labute approximate surface area is 127 Å². The van der Waals surface area contributed by atoms with Crippen LogP contribution in [0.2, 0.25) is 0 Å². The van der Waals surface area contributed by atoms with E-state index in [4.69, 9.17) is 4.74 Å². The average Bonchev–Trinajstić information content (AvgIpc) is 2.49. The van der Waals surface area contributed by atoms with E-state index in [0.29, 0.717) is 5.92 Å². The second-order valence-corrected chi connectivity index (χ2v) is 5.95. The average molecular weight is 294 g/mol. The lowest BCUT2D eigenvalue weighted by molar-refractivity contribution is 0.0887. The number of nitrogens with zero attached hydrogens (tertiary/aromatic N) is 1. The number of rotatable bonds is 7. The number of likely N-dealkylation sites (tertiary alicyclic amines) is 1. The summed E-state index contributed by atoms with van der Waals surface area (Å²) < 4.78 is 18.6. The molecule has 2 atom stereocenters. The van der Waals surface area contributed by atoms with Gasteiger partial charge in [-0.25, -0.2) is 4.39 Å². The molecule has 2 rings (SSSR count). The van der Waals surface area contributed by atoms with E-state index in [1.165, 1.54) is 25.5 Å². The molecule has 0 saturated carbocycles. The molecule has 3 nitrogen and oxygen atoms in total. The summed E-state index contributed by atoms with van der Waals surface area (Å²) in [7, 11) is 3.72. The highest BCUT2D eigenvalue weighted by atomic mass is 19.1. The van der Waals surface area contributed by atoms with Crippen molar-refractivity contribution in [1.82, 2.24) is 10.2 Å². The smallest absolute Gasteiger partial charge is 0.123 e. The molecule has 1 saturated heterocycles. The Hall–Kier alpha value is -0.970. The van der Waals surface area contributed by atoms with Gasteiger partial charge in [-0.3, -0.25) is 0 Å². The van der Waals surface area contributed by atoms with E-state index in [9.17, 15) is 4.39 Å². The van der Waals surface area contributed by atoms with Gasteiger partial charge < -0.3 is 15.0 Å². The predicted octanol–water partition coefficient (Wildman–Crippen LogP) is 2.83. The third kappa shape index (κ3) is 5.06. The third-order valence-corrected chi connectivity index (χ3v) is 4.34. The largest absolute Gasteiger partial charge is 0.384 e. The molecule has 4 heteroatoms. The normalized spacial score (nSPS) is 21.4. The summed E-state index contributed by atoms with van der Waals surface area (Å²) in [5.74, 6) is 0.497. The van der Waals surface area contributed by atoms with Crippen LogP contribution >= 0.6 is 0 Å². The summed E-state index contributed by atoms with van der Waals surface area (Å²) >= 11 is 0. The summed E-state index contributed by atoms with van der Waals surface area (Å²) in [6.45, 7) is 4.19. The minimum Gasteiger partial charge on any atom is -0.384 e. The molecule has 1 aromatic carbocycles. The van der Waals surface area contributed by atoms with Crippen molar-refractivity contribution >= 4 is 0 Å². The van der Waals surface area contributed by atoms with E-state index in [1.54, 1.807) is 19.2 Å². The molecular weight excluding hydrogens is 267 g/mol. The van der Waals surface area contributed by atoms with E-state index in [-0.39, 0.29) is 11.9 Å². The fraction of sp³-hybridized carbons (Fsp3) is 0.647. The molecule has 0 aromatic heterocycles. The highest BCUT2D eigenvalue weighted by molar-refractivity contribution is 5.20. The first-order valence-electron chi connectivity index (χ1n) is 7.87. The molecular formula is C17H27FN2O. The molecule has 1 heterocycles. The number of hydrogen-bond donors (Lipinski definition) is 1. The van der Waals surface area contributed by atoms with Crippen molar-refractivity contribution in [2.45, 2.75) is 25.3 Å². The molecule has 0 radical (unpaired) electrons. The number of benzene rings is 1. The summed E-state index contributed by atoms with van der Waals surface area (Å²) in [5, 5.41) is 3.30. The minimum absolute atomic E-state index is 0.161. The van der Waals surface area contributed by atoms with Crippen LogP contribution in [-0.2, 0) is 4.74 Å². The molecule has 0 amide bonds. The van der Waals surface area contributed by atoms with Crippen LogP contribution in [0.5, 0.6) is 0 Å². The molecule has 1 fully saturated rings. The van der Waals surface area contributed by atoms with Gasteiger partial charge >= 0.3 is 0 Å². The van der Waals surface area contributed by atoms with Crippen molar-refractivity contribution in [3.05, 3.63) is 35.6 Å². The molecule has 1 aliphatic heterocycles. The van der Waals surface area contributed by atoms with Gasteiger partial charge in [-0.05, 0) is 63.0 Å². The molecule has 1 aliphatic rings. The first-order valence-corrected chi connectivity index (χ1v) is 7.87. The van der Waals surface area contributed by atoms with Crippen molar-refractivity contribution in [2.75, 3.05) is 40.4 Å². The van der Waals surface area contributed by atoms with Gasteiger partial charge in [-0.15, -0.1) is 0 Å². The molecule has 21 heavy (non-hydrogen) atoms. The van der Waals surface area contributed by atoms with Gasteiger partial charge in [-0.1, -0.05) is 12.1 Å². The third-order valence-electron chi connectivity index (χ3n) is 4.34. The highest BCUT2D eigenvalue weighted by Gasteiger charge is 2.20. The number of methoxy groups -OCH3 is 1. The van der Waals surface area contributed by atoms with Crippen LogP contribution in [0.15, 0.2) is 24.3 Å². The van der Waals surface area contributed by atoms with Crippen LogP contribution in [0.3, 0.4) is 0 Å². The van der Waals surface area contributed by atoms with Gasteiger partial charge in [0.2, 0.25) is 0 Å². The van der Waals surface area contributed by atoms with E-state index in [1.807, 2.05) is 13.1 Å². The minimum atomic E-state index is -0.161. The maximum absolute atomic E-state index is 13.3. The molecule has 118 valence electrons. The van der Waals surface area contributed by atoms with Crippen LogP contribution in [0.4, 0.5) is 4.39 Å². The maximum Gasteiger partial charge on any atom is 0.123 e. The van der Waals surface area contributed by atoms with Gasteiger partial charge in [0, 0.05) is 19.7 Å². The summed E-state index contributed by atoms with van der Waals surface area (Å²) in [6, 6.07) is 7.11. The van der Waals surface area contributed by atoms with Gasteiger partial charge in [0.05, 0.1) is 6.61 Å². The van der Waals surface area contributed by atoms with Gasteiger partial charge in [0.15, 0.2) is 0 Å².